The van der Waals surface area contributed by atoms with Crippen LogP contribution in [0, 0.1) is 0 Å². The molecule has 33 heavy (non-hydrogen) atoms. The third-order valence-electron chi connectivity index (χ3n) is 4.64. The molecule has 0 unspecified atom stereocenters. The van der Waals surface area contributed by atoms with Crippen molar-refractivity contribution >= 4 is 46.5 Å². The van der Waals surface area contributed by atoms with Gasteiger partial charge in [-0.05, 0) is 36.4 Å². The normalized spacial score (nSPS) is 10.8. The molecule has 0 spiro atoms. The number of hydrogen-bond acceptors (Lipinski definition) is 5. The molecule has 170 valence electrons. The summed E-state index contributed by atoms with van der Waals surface area (Å²) in [7, 11) is 1.58. The minimum Gasteiger partial charge on any atom is -0.497 e. The molecule has 4 aromatic rings. The number of nitrogens with zero attached hydrogens (tertiary/aromatic N) is 2. The number of methoxy groups -OCH3 is 1. The summed E-state index contributed by atoms with van der Waals surface area (Å²) in [5.41, 5.74) is 0.699. The number of carbonyl (C=O) groups is 1. The van der Waals surface area contributed by atoms with E-state index in [0.29, 0.717) is 39.4 Å². The molecule has 4 rings (SSSR count). The van der Waals surface area contributed by atoms with Gasteiger partial charge in [0.05, 0.1) is 13.7 Å². The van der Waals surface area contributed by atoms with Crippen LogP contribution in [0.1, 0.15) is 21.9 Å². The molecule has 0 aliphatic heterocycles. The second-order valence-corrected chi connectivity index (χ2v) is 8.13. The van der Waals surface area contributed by atoms with Crippen molar-refractivity contribution in [2.75, 3.05) is 12.4 Å². The number of aromatic nitrogens is 2. The number of carbonyl (C=O) groups excluding carboxylic acids is 1. The summed E-state index contributed by atoms with van der Waals surface area (Å²) in [6, 6.07) is 15.6. The summed E-state index contributed by atoms with van der Waals surface area (Å²) < 4.78 is 18.0. The predicted octanol–water partition coefficient (Wildman–Crippen LogP) is 6.32. The molecule has 0 saturated heterocycles. The van der Waals surface area contributed by atoms with Crippen LogP contribution in [0.15, 0.2) is 65.2 Å². The van der Waals surface area contributed by atoms with Gasteiger partial charge in [0.25, 0.3) is 5.91 Å². The molecule has 2 aromatic carbocycles. The van der Waals surface area contributed by atoms with E-state index in [1.807, 2.05) is 12.1 Å². The van der Waals surface area contributed by atoms with E-state index in [2.05, 4.69) is 10.4 Å². The molecule has 7 nitrogen and oxygen atoms in total. The van der Waals surface area contributed by atoms with Gasteiger partial charge >= 0.3 is 0 Å². The first-order valence-electron chi connectivity index (χ1n) is 9.75. The number of nitrogens with one attached hydrogen (secondary N) is 1. The standard InChI is InChI=1S/C23H18Cl3N3O4/c1-31-14-4-2-5-15(10-14)32-13-16-8-9-21(33-16)23(30)27-22-20(26)12-29(28-22)11-17-18(24)6-3-7-19(17)25/h2-10,12H,11,13H2,1H3,(H,27,28,30). The Bertz CT molecular complexity index is 1270. The van der Waals surface area contributed by atoms with E-state index in [9.17, 15) is 4.79 Å². The van der Waals surface area contributed by atoms with Crippen LogP contribution in [-0.2, 0) is 13.2 Å². The topological polar surface area (TPSA) is 78.5 Å². The number of anilines is 1. The largest absolute Gasteiger partial charge is 0.497 e. The Kier molecular flexibility index (Phi) is 7.13. The number of benzene rings is 2. The molecule has 1 amide bonds. The average molecular weight is 507 g/mol. The molecule has 0 aliphatic rings. The van der Waals surface area contributed by atoms with Crippen molar-refractivity contribution < 1.29 is 18.7 Å². The number of halogens is 3. The fraction of sp³-hybridized carbons (Fsp3) is 0.130. The lowest BCUT2D eigenvalue weighted by molar-refractivity contribution is 0.0992. The van der Waals surface area contributed by atoms with Gasteiger partial charge in [0.1, 0.15) is 28.9 Å². The highest BCUT2D eigenvalue weighted by Crippen LogP contribution is 2.27. The highest BCUT2D eigenvalue weighted by Gasteiger charge is 2.17. The third kappa shape index (κ3) is 5.63. The molecular formula is C23H18Cl3N3O4. The second-order valence-electron chi connectivity index (χ2n) is 6.91. The number of amides is 1. The van der Waals surface area contributed by atoms with E-state index in [1.165, 1.54) is 0 Å². The van der Waals surface area contributed by atoms with E-state index in [4.69, 9.17) is 48.7 Å². The van der Waals surface area contributed by atoms with Crippen LogP contribution in [0.2, 0.25) is 15.1 Å². The summed E-state index contributed by atoms with van der Waals surface area (Å²) in [5, 5.41) is 8.24. The van der Waals surface area contributed by atoms with Crippen LogP contribution in [0.25, 0.3) is 0 Å². The smallest absolute Gasteiger partial charge is 0.292 e. The quantitative estimate of drug-likeness (QED) is 0.302. The predicted molar refractivity (Wildman–Crippen MR) is 127 cm³/mol. The molecule has 0 atom stereocenters. The van der Waals surface area contributed by atoms with E-state index in [1.54, 1.807) is 60.5 Å². The zero-order valence-corrected chi connectivity index (χ0v) is 19.6. The third-order valence-corrected chi connectivity index (χ3v) is 5.62. The molecule has 0 fully saturated rings. The van der Waals surface area contributed by atoms with E-state index in [0.717, 1.165) is 0 Å². The summed E-state index contributed by atoms with van der Waals surface area (Å²) in [5.74, 6) is 1.57. The van der Waals surface area contributed by atoms with Crippen molar-refractivity contribution in [2.24, 2.45) is 0 Å². The van der Waals surface area contributed by atoms with Gasteiger partial charge in [0.2, 0.25) is 0 Å². The highest BCUT2D eigenvalue weighted by atomic mass is 35.5. The van der Waals surface area contributed by atoms with Crippen LogP contribution in [-0.4, -0.2) is 22.8 Å². The Balaban J connectivity index is 1.39. The lowest BCUT2D eigenvalue weighted by atomic mass is 10.2. The zero-order valence-electron chi connectivity index (χ0n) is 17.3. The number of hydrogen-bond donors (Lipinski definition) is 1. The Hall–Kier alpha value is -3.13. The van der Waals surface area contributed by atoms with Crippen LogP contribution in [0.3, 0.4) is 0 Å². The zero-order chi connectivity index (χ0) is 23.4. The monoisotopic (exact) mass is 505 g/mol. The van der Waals surface area contributed by atoms with Crippen molar-refractivity contribution in [1.29, 1.82) is 0 Å². The molecule has 0 aliphatic carbocycles. The van der Waals surface area contributed by atoms with Crippen molar-refractivity contribution in [2.45, 2.75) is 13.2 Å². The SMILES string of the molecule is COc1cccc(OCc2ccc(C(=O)Nc3nn(Cc4c(Cl)cccc4Cl)cc3Cl)o2)c1. The number of ether oxygens (including phenoxy) is 2. The minimum atomic E-state index is -0.495. The van der Waals surface area contributed by atoms with Gasteiger partial charge in [0, 0.05) is 27.9 Å². The maximum Gasteiger partial charge on any atom is 0.292 e. The molecule has 1 N–H and O–H groups in total. The molecule has 0 radical (unpaired) electrons. The van der Waals surface area contributed by atoms with E-state index >= 15 is 0 Å². The van der Waals surface area contributed by atoms with Crippen molar-refractivity contribution in [3.63, 3.8) is 0 Å². The lowest BCUT2D eigenvalue weighted by Crippen LogP contribution is -2.12. The van der Waals surface area contributed by atoms with Crippen molar-refractivity contribution in [1.82, 2.24) is 9.78 Å². The molecule has 0 bridgehead atoms. The van der Waals surface area contributed by atoms with Crippen LogP contribution in [0.4, 0.5) is 5.82 Å². The van der Waals surface area contributed by atoms with Gasteiger partial charge in [-0.25, -0.2) is 0 Å². The summed E-state index contributed by atoms with van der Waals surface area (Å²) in [4.78, 5) is 12.6. The van der Waals surface area contributed by atoms with E-state index < -0.39 is 5.91 Å². The first kappa shape index (κ1) is 23.0. The van der Waals surface area contributed by atoms with Gasteiger partial charge in [-0.2, -0.15) is 5.10 Å². The number of furan rings is 1. The maximum absolute atomic E-state index is 12.6. The summed E-state index contributed by atoms with van der Waals surface area (Å²) >= 11 is 18.7. The molecule has 10 heteroatoms. The van der Waals surface area contributed by atoms with Gasteiger partial charge in [-0.1, -0.05) is 46.9 Å². The number of rotatable bonds is 8. The van der Waals surface area contributed by atoms with Crippen LogP contribution < -0.4 is 14.8 Å². The molecule has 0 saturated carbocycles. The summed E-state index contributed by atoms with van der Waals surface area (Å²) in [6.45, 7) is 0.440. The Labute approximate surface area is 204 Å². The van der Waals surface area contributed by atoms with Gasteiger partial charge < -0.3 is 19.2 Å². The fourth-order valence-electron chi connectivity index (χ4n) is 3.00. The highest BCUT2D eigenvalue weighted by molar-refractivity contribution is 6.36. The first-order chi connectivity index (χ1) is 15.9. The van der Waals surface area contributed by atoms with E-state index in [-0.39, 0.29) is 23.2 Å². The molecular weight excluding hydrogens is 489 g/mol. The fourth-order valence-corrected chi connectivity index (χ4v) is 3.71. The Morgan fingerprint density at radius 2 is 1.76 bits per heavy atom. The molecule has 2 heterocycles. The summed E-state index contributed by atoms with van der Waals surface area (Å²) in [6.07, 6.45) is 1.58. The Morgan fingerprint density at radius 3 is 2.52 bits per heavy atom. The maximum atomic E-state index is 12.6. The van der Waals surface area contributed by atoms with Gasteiger partial charge in [0.15, 0.2) is 11.6 Å². The van der Waals surface area contributed by atoms with Crippen molar-refractivity contribution in [3.05, 3.63) is 92.9 Å². The Morgan fingerprint density at radius 1 is 1.03 bits per heavy atom. The first-order valence-corrected chi connectivity index (χ1v) is 10.9. The van der Waals surface area contributed by atoms with Crippen molar-refractivity contribution in [3.8, 4) is 11.5 Å². The van der Waals surface area contributed by atoms with Gasteiger partial charge in [-0.3, -0.25) is 9.48 Å². The molecule has 2 aromatic heterocycles. The lowest BCUT2D eigenvalue weighted by Gasteiger charge is -2.07. The average Bonchev–Trinajstić information content (AvgIpc) is 3.42. The minimum absolute atomic E-state index is 0.0963. The van der Waals surface area contributed by atoms with Crippen LogP contribution >= 0.6 is 34.8 Å². The van der Waals surface area contributed by atoms with Crippen LogP contribution in [0.5, 0.6) is 11.5 Å². The second kappa shape index (κ2) is 10.2. The van der Waals surface area contributed by atoms with Gasteiger partial charge in [-0.15, -0.1) is 0 Å².